The largest absolute Gasteiger partial charge is 0.339 e. The number of carbonyl (C=O) groups is 1. The molecule has 0 aliphatic rings. The summed E-state index contributed by atoms with van der Waals surface area (Å²) in [5, 5.41) is 3.57. The van der Waals surface area contributed by atoms with Gasteiger partial charge in [-0.2, -0.15) is 0 Å². The van der Waals surface area contributed by atoms with Gasteiger partial charge in [0.2, 0.25) is 0 Å². The van der Waals surface area contributed by atoms with Crippen LogP contribution in [0.25, 0.3) is 10.2 Å². The minimum atomic E-state index is -0.393. The molecule has 0 saturated heterocycles. The quantitative estimate of drug-likeness (QED) is 0.580. The SMILES string of the molecule is Cc1c(C(=O)NC(c2ccccc2)c2ccccn2)sc2ncn(C)c(=O)c12. The summed E-state index contributed by atoms with van der Waals surface area (Å²) in [6.45, 7) is 1.79. The average Bonchev–Trinajstić information content (AvgIpc) is 3.07. The van der Waals surface area contributed by atoms with Crippen LogP contribution in [-0.2, 0) is 7.05 Å². The van der Waals surface area contributed by atoms with Crippen molar-refractivity contribution in [1.29, 1.82) is 0 Å². The van der Waals surface area contributed by atoms with E-state index in [9.17, 15) is 9.59 Å². The summed E-state index contributed by atoms with van der Waals surface area (Å²) in [6, 6.07) is 14.9. The normalized spacial score (nSPS) is 12.1. The molecule has 1 aromatic carbocycles. The number of thiophene rings is 1. The first-order valence-electron chi connectivity index (χ1n) is 8.77. The second-order valence-corrected chi connectivity index (χ2v) is 7.47. The molecule has 4 aromatic rings. The molecule has 3 heterocycles. The molecule has 1 atom stereocenters. The molecule has 7 heteroatoms. The zero-order valence-corrected chi connectivity index (χ0v) is 16.2. The molecule has 4 rings (SSSR count). The summed E-state index contributed by atoms with van der Waals surface area (Å²) in [5.74, 6) is -0.248. The van der Waals surface area contributed by atoms with Gasteiger partial charge in [0, 0.05) is 13.2 Å². The van der Waals surface area contributed by atoms with Gasteiger partial charge in [-0.15, -0.1) is 11.3 Å². The van der Waals surface area contributed by atoms with Gasteiger partial charge in [-0.25, -0.2) is 4.98 Å². The van der Waals surface area contributed by atoms with Crippen LogP contribution in [-0.4, -0.2) is 20.4 Å². The number of nitrogens with one attached hydrogen (secondary N) is 1. The van der Waals surface area contributed by atoms with Gasteiger partial charge in [-0.3, -0.25) is 14.6 Å². The number of hydrogen-bond acceptors (Lipinski definition) is 5. The van der Waals surface area contributed by atoms with E-state index in [2.05, 4.69) is 15.3 Å². The number of carbonyl (C=O) groups excluding carboxylic acids is 1. The van der Waals surface area contributed by atoms with Gasteiger partial charge < -0.3 is 9.88 Å². The highest BCUT2D eigenvalue weighted by Gasteiger charge is 2.23. The van der Waals surface area contributed by atoms with Gasteiger partial charge in [0.25, 0.3) is 11.5 Å². The summed E-state index contributed by atoms with van der Waals surface area (Å²) < 4.78 is 1.42. The molecule has 0 radical (unpaired) electrons. The van der Waals surface area contributed by atoms with Crippen LogP contribution in [0.1, 0.15) is 32.5 Å². The van der Waals surface area contributed by atoms with Crippen LogP contribution < -0.4 is 10.9 Å². The Kier molecular flexibility index (Phi) is 4.75. The lowest BCUT2D eigenvalue weighted by molar-refractivity contribution is 0.0946. The maximum Gasteiger partial charge on any atom is 0.262 e. The molecule has 1 unspecified atom stereocenters. The van der Waals surface area contributed by atoms with Crippen LogP contribution in [0.3, 0.4) is 0 Å². The number of pyridine rings is 1. The van der Waals surface area contributed by atoms with Gasteiger partial charge in [-0.1, -0.05) is 36.4 Å². The van der Waals surface area contributed by atoms with Crippen molar-refractivity contribution >= 4 is 27.5 Å². The van der Waals surface area contributed by atoms with Crippen molar-refractivity contribution in [2.24, 2.45) is 7.05 Å². The Morgan fingerprint density at radius 2 is 1.86 bits per heavy atom. The number of aromatic nitrogens is 3. The second-order valence-electron chi connectivity index (χ2n) is 6.47. The lowest BCUT2D eigenvalue weighted by Crippen LogP contribution is -2.29. The second kappa shape index (κ2) is 7.36. The molecule has 0 saturated carbocycles. The first-order chi connectivity index (χ1) is 13.6. The Bertz CT molecular complexity index is 1160. The van der Waals surface area contributed by atoms with E-state index in [-0.39, 0.29) is 11.5 Å². The van der Waals surface area contributed by atoms with E-state index in [1.807, 2.05) is 48.5 Å². The van der Waals surface area contributed by atoms with Gasteiger partial charge in [0.05, 0.1) is 28.3 Å². The highest BCUT2D eigenvalue weighted by Crippen LogP contribution is 2.28. The standard InChI is InChI=1S/C21H18N4O2S/c1-13-16-20(23-12-25(2)21(16)27)28-18(13)19(26)24-17(14-8-4-3-5-9-14)15-10-6-7-11-22-15/h3-12,17H,1-2H3,(H,24,26). The van der Waals surface area contributed by atoms with E-state index in [0.717, 1.165) is 11.3 Å². The lowest BCUT2D eigenvalue weighted by Gasteiger charge is -2.18. The van der Waals surface area contributed by atoms with Crippen molar-refractivity contribution in [2.45, 2.75) is 13.0 Å². The molecule has 0 aliphatic carbocycles. The zero-order valence-electron chi connectivity index (χ0n) is 15.4. The van der Waals surface area contributed by atoms with E-state index in [1.54, 1.807) is 20.2 Å². The minimum absolute atomic E-state index is 0.151. The van der Waals surface area contributed by atoms with E-state index in [1.165, 1.54) is 22.2 Å². The third-order valence-electron chi connectivity index (χ3n) is 4.61. The number of benzene rings is 1. The van der Waals surface area contributed by atoms with Crippen LogP contribution in [0.2, 0.25) is 0 Å². The molecule has 0 bridgehead atoms. The Labute approximate surface area is 165 Å². The maximum absolute atomic E-state index is 13.1. The topological polar surface area (TPSA) is 76.9 Å². The van der Waals surface area contributed by atoms with E-state index < -0.39 is 6.04 Å². The number of fused-ring (bicyclic) bond motifs is 1. The summed E-state index contributed by atoms with van der Waals surface area (Å²) >= 11 is 1.23. The first-order valence-corrected chi connectivity index (χ1v) is 9.59. The highest BCUT2D eigenvalue weighted by molar-refractivity contribution is 7.20. The van der Waals surface area contributed by atoms with Crippen LogP contribution in [0, 0.1) is 6.92 Å². The molecule has 0 spiro atoms. The van der Waals surface area contributed by atoms with Crippen molar-refractivity contribution in [1.82, 2.24) is 19.9 Å². The van der Waals surface area contributed by atoms with Crippen LogP contribution in [0.15, 0.2) is 65.8 Å². The van der Waals surface area contributed by atoms with E-state index in [0.29, 0.717) is 20.7 Å². The summed E-state index contributed by atoms with van der Waals surface area (Å²) in [7, 11) is 1.65. The predicted octanol–water partition coefficient (Wildman–Crippen LogP) is 3.22. The molecule has 0 fully saturated rings. The third kappa shape index (κ3) is 3.20. The van der Waals surface area contributed by atoms with Crippen molar-refractivity contribution in [3.63, 3.8) is 0 Å². The number of nitrogens with zero attached hydrogens (tertiary/aromatic N) is 3. The maximum atomic E-state index is 13.1. The fourth-order valence-corrected chi connectivity index (χ4v) is 4.18. The number of aryl methyl sites for hydroxylation is 2. The van der Waals surface area contributed by atoms with Crippen molar-refractivity contribution in [3.05, 3.63) is 93.1 Å². The smallest absolute Gasteiger partial charge is 0.262 e. The molecule has 6 nitrogen and oxygen atoms in total. The number of rotatable bonds is 4. The van der Waals surface area contributed by atoms with Gasteiger partial charge in [0.15, 0.2) is 0 Å². The molecule has 140 valence electrons. The zero-order chi connectivity index (χ0) is 19.7. The third-order valence-corrected chi connectivity index (χ3v) is 5.81. The van der Waals surface area contributed by atoms with Crippen molar-refractivity contribution in [2.75, 3.05) is 0 Å². The predicted molar refractivity (Wildman–Crippen MR) is 110 cm³/mol. The minimum Gasteiger partial charge on any atom is -0.339 e. The monoisotopic (exact) mass is 390 g/mol. The molecule has 0 aliphatic heterocycles. The Balaban J connectivity index is 1.75. The van der Waals surface area contributed by atoms with Crippen LogP contribution >= 0.6 is 11.3 Å². The average molecular weight is 390 g/mol. The Hall–Kier alpha value is -3.32. The molecule has 1 amide bonds. The van der Waals surface area contributed by atoms with Crippen LogP contribution in [0.5, 0.6) is 0 Å². The van der Waals surface area contributed by atoms with Crippen molar-refractivity contribution in [3.8, 4) is 0 Å². The van der Waals surface area contributed by atoms with E-state index in [4.69, 9.17) is 0 Å². The summed E-state index contributed by atoms with van der Waals surface area (Å²) in [5.41, 5.74) is 2.18. The van der Waals surface area contributed by atoms with E-state index >= 15 is 0 Å². The molecular weight excluding hydrogens is 372 g/mol. The Morgan fingerprint density at radius 1 is 1.11 bits per heavy atom. The first kappa shape index (κ1) is 18.1. The number of amides is 1. The van der Waals surface area contributed by atoms with Gasteiger partial charge >= 0.3 is 0 Å². The molecule has 28 heavy (non-hydrogen) atoms. The lowest BCUT2D eigenvalue weighted by atomic mass is 10.0. The fraction of sp³-hybridized carbons (Fsp3) is 0.143. The van der Waals surface area contributed by atoms with Gasteiger partial charge in [-0.05, 0) is 30.2 Å². The van der Waals surface area contributed by atoms with Crippen molar-refractivity contribution < 1.29 is 4.79 Å². The Morgan fingerprint density at radius 3 is 2.57 bits per heavy atom. The molecule has 3 aromatic heterocycles. The summed E-state index contributed by atoms with van der Waals surface area (Å²) in [4.78, 5) is 35.3. The molecular formula is C21H18N4O2S. The number of hydrogen-bond donors (Lipinski definition) is 1. The van der Waals surface area contributed by atoms with Crippen LogP contribution in [0.4, 0.5) is 0 Å². The fourth-order valence-electron chi connectivity index (χ4n) is 3.14. The van der Waals surface area contributed by atoms with Gasteiger partial charge in [0.1, 0.15) is 4.83 Å². The highest BCUT2D eigenvalue weighted by atomic mass is 32.1. The molecule has 1 N–H and O–H groups in total. The summed E-state index contributed by atoms with van der Waals surface area (Å²) in [6.07, 6.45) is 3.18.